The average molecular weight is 780 g/mol. The standard InChI is InChI=1S/C41H43BrN6O5/c1-25-26(2)39(49)45(4)24-34(25)29-20-35(52-5)38(36(21-29)53-6)41(51)47-17-15-46(16-18-47)23-28-9-7-11-32-27(3)48(14-13-33(28)32)40(50)30(22-43)19-31-10-8-12-37(42)44-31/h7-12,19-21,24,27H,13-18,23H2,1-6H3/b30-19-. The first-order valence-corrected chi connectivity index (χ1v) is 18.4. The van der Waals surface area contributed by atoms with E-state index in [1.165, 1.54) is 17.2 Å². The number of nitrogens with zero attached hydrogens (tertiary/aromatic N) is 6. The first kappa shape index (κ1) is 37.5. The summed E-state index contributed by atoms with van der Waals surface area (Å²) in [6, 6.07) is 17.2. The Morgan fingerprint density at radius 3 is 2.32 bits per heavy atom. The molecule has 2 aromatic carbocycles. The summed E-state index contributed by atoms with van der Waals surface area (Å²) >= 11 is 3.35. The molecule has 2 aliphatic heterocycles. The SMILES string of the molecule is COc1cc(-c2cn(C)c(=O)c(C)c2C)cc(OC)c1C(=O)N1CCN(Cc2cccc3c2CCN(C(=O)/C(C#N)=C\c2cccc(Br)n2)C3C)CC1. The molecule has 0 bridgehead atoms. The largest absolute Gasteiger partial charge is 0.496 e. The molecule has 2 amide bonds. The molecule has 1 saturated heterocycles. The van der Waals surface area contributed by atoms with Gasteiger partial charge in [-0.1, -0.05) is 24.3 Å². The molecule has 1 fully saturated rings. The van der Waals surface area contributed by atoms with Gasteiger partial charge >= 0.3 is 0 Å². The highest BCUT2D eigenvalue weighted by Gasteiger charge is 2.32. The number of fused-ring (bicyclic) bond motifs is 1. The fourth-order valence-electron chi connectivity index (χ4n) is 7.37. The molecule has 4 aromatic rings. The third-order valence-electron chi connectivity index (χ3n) is 10.5. The molecule has 0 aliphatic carbocycles. The number of methoxy groups -OCH3 is 2. The van der Waals surface area contributed by atoms with E-state index in [-0.39, 0.29) is 29.0 Å². The molecule has 274 valence electrons. The summed E-state index contributed by atoms with van der Waals surface area (Å²) in [5, 5.41) is 9.87. The molecule has 6 rings (SSSR count). The van der Waals surface area contributed by atoms with E-state index in [0.29, 0.717) is 72.1 Å². The Balaban J connectivity index is 1.15. The Morgan fingerprint density at radius 2 is 1.68 bits per heavy atom. The van der Waals surface area contributed by atoms with Gasteiger partial charge in [0.25, 0.3) is 17.4 Å². The lowest BCUT2D eigenvalue weighted by molar-refractivity contribution is -0.129. The van der Waals surface area contributed by atoms with E-state index in [1.807, 2.05) is 49.9 Å². The van der Waals surface area contributed by atoms with Crippen molar-refractivity contribution in [1.29, 1.82) is 5.26 Å². The fraction of sp³-hybridized carbons (Fsp3) is 0.341. The minimum absolute atomic E-state index is 0.0501. The number of halogens is 1. The van der Waals surface area contributed by atoms with Gasteiger partial charge in [0.15, 0.2) is 0 Å². The summed E-state index contributed by atoms with van der Waals surface area (Å²) < 4.78 is 13.7. The second-order valence-corrected chi connectivity index (χ2v) is 14.3. The summed E-state index contributed by atoms with van der Waals surface area (Å²) in [5.41, 5.74) is 7.62. The molecule has 0 N–H and O–H groups in total. The number of pyridine rings is 2. The molecule has 0 spiro atoms. The number of rotatable bonds is 8. The number of carbonyl (C=O) groups excluding carboxylic acids is 2. The summed E-state index contributed by atoms with van der Waals surface area (Å²) in [6.07, 6.45) is 4.02. The number of hydrogen-bond acceptors (Lipinski definition) is 8. The van der Waals surface area contributed by atoms with Crippen molar-refractivity contribution in [3.8, 4) is 28.7 Å². The molecule has 53 heavy (non-hydrogen) atoms. The Bertz CT molecular complexity index is 2190. The summed E-state index contributed by atoms with van der Waals surface area (Å²) in [4.78, 5) is 50.4. The van der Waals surface area contributed by atoms with Crippen LogP contribution in [0.2, 0.25) is 0 Å². The predicted octanol–water partition coefficient (Wildman–Crippen LogP) is 5.85. The minimum Gasteiger partial charge on any atom is -0.496 e. The van der Waals surface area contributed by atoms with Crippen LogP contribution in [0.25, 0.3) is 17.2 Å². The van der Waals surface area contributed by atoms with Crippen LogP contribution in [0.4, 0.5) is 0 Å². The van der Waals surface area contributed by atoms with E-state index in [1.54, 1.807) is 49.1 Å². The Morgan fingerprint density at radius 1 is 1.00 bits per heavy atom. The number of piperazine rings is 1. The Hall–Kier alpha value is -5.25. The molecular formula is C41H43BrN6O5. The van der Waals surface area contributed by atoms with Crippen molar-refractivity contribution in [2.24, 2.45) is 7.05 Å². The maximum absolute atomic E-state index is 14.0. The number of nitriles is 1. The zero-order chi connectivity index (χ0) is 38.0. The number of amides is 2. The lowest BCUT2D eigenvalue weighted by Gasteiger charge is -2.38. The number of aromatic nitrogens is 2. The van der Waals surface area contributed by atoms with Gasteiger partial charge in [-0.2, -0.15) is 5.26 Å². The second-order valence-electron chi connectivity index (χ2n) is 13.5. The molecule has 0 saturated carbocycles. The van der Waals surface area contributed by atoms with Gasteiger partial charge in [0.1, 0.15) is 33.3 Å². The van der Waals surface area contributed by atoms with E-state index < -0.39 is 0 Å². The first-order valence-electron chi connectivity index (χ1n) is 17.6. The predicted molar refractivity (Wildman–Crippen MR) is 207 cm³/mol. The van der Waals surface area contributed by atoms with Crippen LogP contribution >= 0.6 is 15.9 Å². The molecule has 2 aromatic heterocycles. The zero-order valence-electron chi connectivity index (χ0n) is 30.9. The monoisotopic (exact) mass is 778 g/mol. The van der Waals surface area contributed by atoms with Gasteiger partial charge in [-0.15, -0.1) is 0 Å². The maximum atomic E-state index is 14.0. The average Bonchev–Trinajstić information content (AvgIpc) is 3.17. The van der Waals surface area contributed by atoms with Crippen LogP contribution in [-0.2, 0) is 24.8 Å². The zero-order valence-corrected chi connectivity index (χ0v) is 32.5. The third kappa shape index (κ3) is 7.50. The Kier molecular flexibility index (Phi) is 11.2. The maximum Gasteiger partial charge on any atom is 0.265 e. The van der Waals surface area contributed by atoms with Gasteiger partial charge in [-0.05, 0) is 101 Å². The van der Waals surface area contributed by atoms with Crippen molar-refractivity contribution in [1.82, 2.24) is 24.3 Å². The van der Waals surface area contributed by atoms with E-state index >= 15 is 0 Å². The van der Waals surface area contributed by atoms with Gasteiger partial charge < -0.3 is 23.8 Å². The summed E-state index contributed by atoms with van der Waals surface area (Å²) in [6.45, 7) is 9.42. The number of ether oxygens (including phenoxy) is 2. The van der Waals surface area contributed by atoms with Gasteiger partial charge in [0, 0.05) is 63.6 Å². The lowest BCUT2D eigenvalue weighted by Crippen LogP contribution is -2.48. The van der Waals surface area contributed by atoms with Gasteiger partial charge in [-0.3, -0.25) is 19.3 Å². The van der Waals surface area contributed by atoms with E-state index in [2.05, 4.69) is 44.0 Å². The molecular weight excluding hydrogens is 736 g/mol. The molecule has 1 atom stereocenters. The molecule has 1 unspecified atom stereocenters. The normalized spacial score (nSPS) is 16.2. The van der Waals surface area contributed by atoms with Gasteiger partial charge in [0.2, 0.25) is 0 Å². The van der Waals surface area contributed by atoms with Crippen molar-refractivity contribution in [3.63, 3.8) is 0 Å². The summed E-state index contributed by atoms with van der Waals surface area (Å²) in [5.74, 6) is 0.365. The number of aryl methyl sites for hydroxylation is 1. The number of benzene rings is 2. The van der Waals surface area contributed by atoms with E-state index in [4.69, 9.17) is 9.47 Å². The lowest BCUT2D eigenvalue weighted by atomic mass is 9.89. The molecule has 0 radical (unpaired) electrons. The van der Waals surface area contributed by atoms with E-state index in [0.717, 1.165) is 28.8 Å². The molecule has 12 heteroatoms. The van der Waals surface area contributed by atoms with Gasteiger partial charge in [0.05, 0.1) is 26.0 Å². The highest BCUT2D eigenvalue weighted by Crippen LogP contribution is 2.38. The van der Waals surface area contributed by atoms with Crippen LogP contribution in [0.3, 0.4) is 0 Å². The topological polar surface area (TPSA) is 121 Å². The highest BCUT2D eigenvalue weighted by molar-refractivity contribution is 9.10. The highest BCUT2D eigenvalue weighted by atomic mass is 79.9. The summed E-state index contributed by atoms with van der Waals surface area (Å²) in [7, 11) is 4.82. The van der Waals surface area contributed by atoms with Crippen LogP contribution in [0, 0.1) is 25.2 Å². The Labute approximate surface area is 318 Å². The smallest absolute Gasteiger partial charge is 0.265 e. The minimum atomic E-state index is -0.307. The molecule has 11 nitrogen and oxygen atoms in total. The van der Waals surface area contributed by atoms with Crippen molar-refractivity contribution < 1.29 is 19.1 Å². The quantitative estimate of drug-likeness (QED) is 0.124. The number of carbonyl (C=O) groups is 2. The van der Waals surface area contributed by atoms with E-state index in [9.17, 15) is 19.6 Å². The van der Waals surface area contributed by atoms with Crippen LogP contribution in [-0.4, -0.2) is 83.0 Å². The first-order chi connectivity index (χ1) is 25.4. The fourth-order valence-corrected chi connectivity index (χ4v) is 7.73. The second kappa shape index (κ2) is 15.8. The van der Waals surface area contributed by atoms with Crippen molar-refractivity contribution in [2.75, 3.05) is 46.9 Å². The van der Waals surface area contributed by atoms with Crippen molar-refractivity contribution >= 4 is 33.8 Å². The van der Waals surface area contributed by atoms with Crippen LogP contribution in [0.15, 0.2) is 69.7 Å². The van der Waals surface area contributed by atoms with Crippen LogP contribution in [0.5, 0.6) is 11.5 Å². The number of hydrogen-bond donors (Lipinski definition) is 0. The molecule has 2 aliphatic rings. The van der Waals surface area contributed by atoms with Crippen LogP contribution in [0.1, 0.15) is 56.8 Å². The molecule has 4 heterocycles. The van der Waals surface area contributed by atoms with Crippen molar-refractivity contribution in [2.45, 2.75) is 39.8 Å². The van der Waals surface area contributed by atoms with Gasteiger partial charge in [-0.25, -0.2) is 4.98 Å². The van der Waals surface area contributed by atoms with Crippen LogP contribution < -0.4 is 15.0 Å². The third-order valence-corrected chi connectivity index (χ3v) is 10.9. The van der Waals surface area contributed by atoms with Crippen molar-refractivity contribution in [3.05, 3.63) is 114 Å².